The Hall–Kier alpha value is -2.85. The van der Waals surface area contributed by atoms with Gasteiger partial charge in [-0.25, -0.2) is 4.79 Å². The number of aromatic nitrogens is 2. The molecule has 0 aliphatic carbocycles. The van der Waals surface area contributed by atoms with Crippen LogP contribution in [0.2, 0.25) is 5.28 Å². The van der Waals surface area contributed by atoms with E-state index in [0.29, 0.717) is 31.2 Å². The van der Waals surface area contributed by atoms with Crippen LogP contribution in [0.25, 0.3) is 0 Å². The van der Waals surface area contributed by atoms with Crippen molar-refractivity contribution in [1.29, 1.82) is 0 Å². The Balaban J connectivity index is 1.42. The minimum Gasteiger partial charge on any atom is -0.491 e. The number of benzene rings is 1. The lowest BCUT2D eigenvalue weighted by Gasteiger charge is -2.33. The molecular weight excluding hydrogens is 464 g/mol. The summed E-state index contributed by atoms with van der Waals surface area (Å²) in [4.78, 5) is 27.8. The molecule has 1 atom stereocenters. The fourth-order valence-corrected chi connectivity index (χ4v) is 3.97. The Labute approximate surface area is 203 Å². The number of hydrogen-bond acceptors (Lipinski definition) is 7. The summed E-state index contributed by atoms with van der Waals surface area (Å²) in [5.74, 6) is 0.680. The van der Waals surface area contributed by atoms with Crippen LogP contribution in [0, 0.1) is 10.1 Å². The molecular formula is C23H31ClN4O6. The highest BCUT2D eigenvalue weighted by molar-refractivity contribution is 6.28. The quantitative estimate of drug-likeness (QED) is 0.426. The van der Waals surface area contributed by atoms with Crippen LogP contribution >= 0.6 is 11.6 Å². The van der Waals surface area contributed by atoms with Crippen molar-refractivity contribution in [3.8, 4) is 5.75 Å². The molecule has 0 radical (unpaired) electrons. The monoisotopic (exact) mass is 494 g/mol. The summed E-state index contributed by atoms with van der Waals surface area (Å²) in [6.45, 7) is 7.28. The van der Waals surface area contributed by atoms with Gasteiger partial charge in [0.15, 0.2) is 0 Å². The van der Waals surface area contributed by atoms with Crippen LogP contribution in [0.15, 0.2) is 30.5 Å². The van der Waals surface area contributed by atoms with Crippen molar-refractivity contribution >= 4 is 23.5 Å². The van der Waals surface area contributed by atoms with Crippen LogP contribution in [-0.4, -0.2) is 62.0 Å². The summed E-state index contributed by atoms with van der Waals surface area (Å²) >= 11 is 5.88. The van der Waals surface area contributed by atoms with Gasteiger partial charge >= 0.3 is 17.2 Å². The Morgan fingerprint density at radius 1 is 1.29 bits per heavy atom. The van der Waals surface area contributed by atoms with Crippen molar-refractivity contribution in [2.75, 3.05) is 19.7 Å². The summed E-state index contributed by atoms with van der Waals surface area (Å²) in [5.41, 5.74) is 0.693. The van der Waals surface area contributed by atoms with E-state index in [0.717, 1.165) is 12.8 Å². The van der Waals surface area contributed by atoms with Crippen molar-refractivity contribution in [1.82, 2.24) is 14.5 Å². The zero-order chi connectivity index (χ0) is 24.9. The van der Waals surface area contributed by atoms with Crippen molar-refractivity contribution in [3.05, 3.63) is 51.4 Å². The second-order valence-corrected chi connectivity index (χ2v) is 9.72. The number of halogens is 1. The molecule has 0 bridgehead atoms. The minimum absolute atomic E-state index is 0.00679. The van der Waals surface area contributed by atoms with E-state index in [1.165, 1.54) is 16.3 Å². The summed E-state index contributed by atoms with van der Waals surface area (Å²) < 4.78 is 12.6. The number of nitrogens with zero attached hydrogens (tertiary/aromatic N) is 4. The molecule has 1 aliphatic rings. The highest BCUT2D eigenvalue weighted by atomic mass is 35.5. The summed E-state index contributed by atoms with van der Waals surface area (Å²) in [5, 5.41) is 21.0. The SMILES string of the molecule is CC(C)(C)OC(=O)N1CCC(c2ccc(OCC(O)CCn3cc([N+](=O)[O-])nc3Cl)cc2)CC1. The largest absolute Gasteiger partial charge is 0.491 e. The van der Waals surface area contributed by atoms with Gasteiger partial charge in [0.25, 0.3) is 0 Å². The molecule has 1 unspecified atom stereocenters. The maximum atomic E-state index is 12.2. The third-order valence-electron chi connectivity index (χ3n) is 5.55. The maximum absolute atomic E-state index is 12.2. The van der Waals surface area contributed by atoms with Gasteiger partial charge in [0.1, 0.15) is 24.2 Å². The molecule has 1 aromatic heterocycles. The molecule has 1 N–H and O–H groups in total. The molecule has 10 nitrogen and oxygen atoms in total. The number of amides is 1. The van der Waals surface area contributed by atoms with Crippen molar-refractivity contribution in [3.63, 3.8) is 0 Å². The number of carbonyl (C=O) groups is 1. The zero-order valence-corrected chi connectivity index (χ0v) is 20.4. The fourth-order valence-electron chi connectivity index (χ4n) is 3.75. The van der Waals surface area contributed by atoms with Gasteiger partial charge in [-0.2, -0.15) is 0 Å². The third-order valence-corrected chi connectivity index (χ3v) is 5.85. The predicted molar refractivity (Wildman–Crippen MR) is 126 cm³/mol. The smallest absolute Gasteiger partial charge is 0.410 e. The molecule has 34 heavy (non-hydrogen) atoms. The second-order valence-electron chi connectivity index (χ2n) is 9.38. The van der Waals surface area contributed by atoms with E-state index in [9.17, 15) is 20.0 Å². The highest BCUT2D eigenvalue weighted by Gasteiger charge is 2.27. The number of rotatable bonds is 8. The first-order valence-electron chi connectivity index (χ1n) is 11.3. The average molecular weight is 495 g/mol. The number of nitro groups is 1. The maximum Gasteiger partial charge on any atom is 0.410 e. The molecule has 2 aromatic rings. The lowest BCUT2D eigenvalue weighted by molar-refractivity contribution is -0.389. The first-order valence-corrected chi connectivity index (χ1v) is 11.7. The van der Waals surface area contributed by atoms with Gasteiger partial charge in [0.05, 0.1) is 6.10 Å². The Bertz CT molecular complexity index is 980. The van der Waals surface area contributed by atoms with Gasteiger partial charge in [0.2, 0.25) is 0 Å². The van der Waals surface area contributed by atoms with Crippen LogP contribution in [0.3, 0.4) is 0 Å². The number of carbonyl (C=O) groups excluding carboxylic acids is 1. The number of imidazole rings is 1. The topological polar surface area (TPSA) is 120 Å². The Morgan fingerprint density at radius 2 is 1.94 bits per heavy atom. The molecule has 1 amide bonds. The first kappa shape index (κ1) is 25.8. The van der Waals surface area contributed by atoms with Crippen molar-refractivity contribution in [2.24, 2.45) is 0 Å². The Morgan fingerprint density at radius 3 is 2.50 bits per heavy atom. The molecule has 186 valence electrons. The highest BCUT2D eigenvalue weighted by Crippen LogP contribution is 2.30. The number of hydrogen-bond donors (Lipinski definition) is 1. The number of aliphatic hydroxyl groups is 1. The van der Waals surface area contributed by atoms with Gasteiger partial charge in [-0.15, -0.1) is 0 Å². The summed E-state index contributed by atoms with van der Waals surface area (Å²) in [6.07, 6.45) is 2.25. The molecule has 0 spiro atoms. The molecule has 11 heteroatoms. The van der Waals surface area contributed by atoms with E-state index in [4.69, 9.17) is 21.1 Å². The third kappa shape index (κ3) is 7.33. The molecule has 2 heterocycles. The van der Waals surface area contributed by atoms with E-state index in [1.54, 1.807) is 4.90 Å². The molecule has 1 aromatic carbocycles. The average Bonchev–Trinajstić information content (AvgIpc) is 3.16. The van der Waals surface area contributed by atoms with Gasteiger partial charge in [-0.1, -0.05) is 12.1 Å². The number of likely N-dealkylation sites (tertiary alicyclic amines) is 1. The van der Waals surface area contributed by atoms with Gasteiger partial charge in [-0.3, -0.25) is 4.57 Å². The van der Waals surface area contributed by atoms with Crippen LogP contribution in [0.5, 0.6) is 5.75 Å². The van der Waals surface area contributed by atoms with Crippen LogP contribution in [0.4, 0.5) is 10.6 Å². The van der Waals surface area contributed by atoms with E-state index >= 15 is 0 Å². The minimum atomic E-state index is -0.769. The van der Waals surface area contributed by atoms with Crippen LogP contribution in [0.1, 0.15) is 51.5 Å². The molecule has 1 fully saturated rings. The molecule has 0 saturated carbocycles. The summed E-state index contributed by atoms with van der Waals surface area (Å²) in [7, 11) is 0. The second kappa shape index (κ2) is 11.1. The Kier molecular flexibility index (Phi) is 8.37. The number of piperidine rings is 1. The standard InChI is InChI=1S/C23H31ClN4O6/c1-23(2,3)34-22(30)26-11-8-17(9-12-26)16-4-6-19(7-5-16)33-15-18(29)10-13-27-14-20(28(31)32)25-21(27)24/h4-7,14,17-18,29H,8-13,15H2,1-3H3. The van der Waals surface area contributed by atoms with Gasteiger partial charge in [0, 0.05) is 19.6 Å². The summed E-state index contributed by atoms with van der Waals surface area (Å²) in [6, 6.07) is 7.77. The van der Waals surface area contributed by atoms with E-state index in [1.807, 2.05) is 45.0 Å². The van der Waals surface area contributed by atoms with E-state index in [-0.39, 0.29) is 30.3 Å². The lowest BCUT2D eigenvalue weighted by atomic mass is 9.89. The van der Waals surface area contributed by atoms with Crippen molar-refractivity contribution < 1.29 is 24.3 Å². The van der Waals surface area contributed by atoms with Gasteiger partial charge in [-0.05, 0) is 85.2 Å². The lowest BCUT2D eigenvalue weighted by Crippen LogP contribution is -2.41. The van der Waals surface area contributed by atoms with E-state index in [2.05, 4.69) is 4.98 Å². The first-order chi connectivity index (χ1) is 16.0. The van der Waals surface area contributed by atoms with E-state index < -0.39 is 16.6 Å². The number of ether oxygens (including phenoxy) is 2. The molecule has 1 saturated heterocycles. The number of aryl methyl sites for hydroxylation is 1. The van der Waals surface area contributed by atoms with Gasteiger partial charge < -0.3 is 29.6 Å². The van der Waals surface area contributed by atoms with Crippen LogP contribution in [-0.2, 0) is 11.3 Å². The predicted octanol–water partition coefficient (Wildman–Crippen LogP) is 4.39. The number of aliphatic hydroxyl groups excluding tert-OH is 1. The normalized spacial score (nSPS) is 15.7. The molecule has 3 rings (SSSR count). The fraction of sp³-hybridized carbons (Fsp3) is 0.565. The molecule has 1 aliphatic heterocycles. The van der Waals surface area contributed by atoms with Crippen molar-refractivity contribution in [2.45, 2.75) is 64.2 Å². The van der Waals surface area contributed by atoms with Crippen LogP contribution < -0.4 is 4.74 Å². The zero-order valence-electron chi connectivity index (χ0n) is 19.6.